The number of ether oxygens (including phenoxy) is 1. The van der Waals surface area contributed by atoms with Crippen LogP contribution in [0.3, 0.4) is 0 Å². The minimum Gasteiger partial charge on any atom is -0.384 e. The van der Waals surface area contributed by atoms with Gasteiger partial charge in [-0.3, -0.25) is 0 Å². The van der Waals surface area contributed by atoms with Crippen molar-refractivity contribution in [2.24, 2.45) is 5.92 Å². The van der Waals surface area contributed by atoms with Crippen LogP contribution in [0.25, 0.3) is 0 Å². The van der Waals surface area contributed by atoms with Crippen LogP contribution in [0.15, 0.2) is 0 Å². The van der Waals surface area contributed by atoms with Crippen molar-refractivity contribution in [2.75, 3.05) is 51.4 Å². The van der Waals surface area contributed by atoms with Gasteiger partial charge in [-0.1, -0.05) is 0 Å². The van der Waals surface area contributed by atoms with Gasteiger partial charge >= 0.3 is 0 Å². The lowest BCUT2D eigenvalue weighted by Crippen LogP contribution is -2.48. The summed E-state index contributed by atoms with van der Waals surface area (Å²) in [5.74, 6) is 3.32. The van der Waals surface area contributed by atoms with Gasteiger partial charge in [-0.15, -0.1) is 0 Å². The molecule has 2 aliphatic rings. The van der Waals surface area contributed by atoms with Crippen LogP contribution in [-0.2, 0) is 4.74 Å². The van der Waals surface area contributed by atoms with E-state index in [9.17, 15) is 0 Å². The Balaban J connectivity index is 1.71. The number of hydrogen-bond donors (Lipinski definition) is 1. The second-order valence-electron chi connectivity index (χ2n) is 4.95. The molecule has 3 nitrogen and oxygen atoms in total. The zero-order valence-electron chi connectivity index (χ0n) is 10.3. The van der Waals surface area contributed by atoms with Gasteiger partial charge < -0.3 is 15.0 Å². The molecule has 2 atom stereocenters. The summed E-state index contributed by atoms with van der Waals surface area (Å²) in [6.07, 6.45) is 2.69. The van der Waals surface area contributed by atoms with E-state index in [-0.39, 0.29) is 0 Å². The summed E-state index contributed by atoms with van der Waals surface area (Å²) < 4.78 is 5.27. The Kier molecular flexibility index (Phi) is 5.42. The lowest BCUT2D eigenvalue weighted by Gasteiger charge is -2.36. The average molecular weight is 244 g/mol. The lowest BCUT2D eigenvalue weighted by atomic mass is 9.98. The van der Waals surface area contributed by atoms with Gasteiger partial charge in [-0.25, -0.2) is 0 Å². The molecule has 16 heavy (non-hydrogen) atoms. The van der Waals surface area contributed by atoms with Crippen LogP contribution in [0.5, 0.6) is 0 Å². The molecule has 4 heteroatoms. The highest BCUT2D eigenvalue weighted by molar-refractivity contribution is 7.99. The van der Waals surface area contributed by atoms with E-state index in [1.54, 1.807) is 0 Å². The van der Waals surface area contributed by atoms with E-state index in [0.717, 1.165) is 12.5 Å². The summed E-state index contributed by atoms with van der Waals surface area (Å²) >= 11 is 2.09. The third-order valence-electron chi connectivity index (χ3n) is 3.48. The summed E-state index contributed by atoms with van der Waals surface area (Å²) in [5, 5.41) is 3.62. The van der Waals surface area contributed by atoms with E-state index in [2.05, 4.69) is 22.0 Å². The fraction of sp³-hybridized carbons (Fsp3) is 1.00. The van der Waals surface area contributed by atoms with Crippen molar-refractivity contribution in [1.82, 2.24) is 10.2 Å². The van der Waals surface area contributed by atoms with E-state index < -0.39 is 0 Å². The van der Waals surface area contributed by atoms with E-state index in [1.165, 1.54) is 50.5 Å². The summed E-state index contributed by atoms with van der Waals surface area (Å²) in [6, 6.07) is 0.708. The molecule has 2 saturated heterocycles. The Morgan fingerprint density at radius 1 is 1.50 bits per heavy atom. The topological polar surface area (TPSA) is 24.5 Å². The Labute approximate surface area is 103 Å². The predicted octanol–water partition coefficient (Wildman–Crippen LogP) is 1.05. The van der Waals surface area contributed by atoms with E-state index in [0.29, 0.717) is 6.04 Å². The number of piperidine rings is 1. The molecule has 2 unspecified atom stereocenters. The van der Waals surface area contributed by atoms with Crippen molar-refractivity contribution in [3.63, 3.8) is 0 Å². The van der Waals surface area contributed by atoms with Gasteiger partial charge in [0.2, 0.25) is 0 Å². The van der Waals surface area contributed by atoms with Gasteiger partial charge in [0.15, 0.2) is 0 Å². The second kappa shape index (κ2) is 6.84. The SMILES string of the molecule is COCC1CCCN(CC2CSCCN2)C1. The first-order chi connectivity index (χ1) is 7.88. The molecule has 1 N–H and O–H groups in total. The molecule has 0 aliphatic carbocycles. The zero-order chi connectivity index (χ0) is 11.2. The molecule has 0 aromatic carbocycles. The van der Waals surface area contributed by atoms with Gasteiger partial charge in [0.25, 0.3) is 0 Å². The smallest absolute Gasteiger partial charge is 0.0502 e. The van der Waals surface area contributed by atoms with Crippen LogP contribution >= 0.6 is 11.8 Å². The molecular formula is C12H24N2OS. The molecule has 0 amide bonds. The predicted molar refractivity (Wildman–Crippen MR) is 70.2 cm³/mol. The maximum Gasteiger partial charge on any atom is 0.0502 e. The minimum atomic E-state index is 0.708. The summed E-state index contributed by atoms with van der Waals surface area (Å²) in [5.41, 5.74) is 0. The number of thioether (sulfide) groups is 1. The van der Waals surface area contributed by atoms with E-state index >= 15 is 0 Å². The molecule has 0 aromatic rings. The molecule has 0 radical (unpaired) electrons. The van der Waals surface area contributed by atoms with Crippen molar-refractivity contribution in [3.05, 3.63) is 0 Å². The van der Waals surface area contributed by atoms with E-state index in [1.807, 2.05) is 7.11 Å². The number of nitrogens with zero attached hydrogens (tertiary/aromatic N) is 1. The third-order valence-corrected chi connectivity index (χ3v) is 4.61. The van der Waals surface area contributed by atoms with Gasteiger partial charge in [0, 0.05) is 44.3 Å². The maximum atomic E-state index is 5.27. The van der Waals surface area contributed by atoms with Gasteiger partial charge in [-0.2, -0.15) is 11.8 Å². The van der Waals surface area contributed by atoms with Crippen LogP contribution in [0.2, 0.25) is 0 Å². The summed E-state index contributed by atoms with van der Waals surface area (Å²) in [4.78, 5) is 2.62. The molecule has 2 aliphatic heterocycles. The largest absolute Gasteiger partial charge is 0.384 e. The van der Waals surface area contributed by atoms with Crippen LogP contribution in [0.1, 0.15) is 12.8 Å². The van der Waals surface area contributed by atoms with Crippen LogP contribution in [0.4, 0.5) is 0 Å². The van der Waals surface area contributed by atoms with Gasteiger partial charge in [0.05, 0.1) is 6.61 Å². The molecule has 2 rings (SSSR count). The first kappa shape index (κ1) is 12.7. The number of methoxy groups -OCH3 is 1. The maximum absolute atomic E-state index is 5.27. The quantitative estimate of drug-likeness (QED) is 0.799. The summed E-state index contributed by atoms with van der Waals surface area (Å²) in [7, 11) is 1.82. The van der Waals surface area contributed by atoms with Crippen LogP contribution in [-0.4, -0.2) is 62.3 Å². The molecule has 2 heterocycles. The van der Waals surface area contributed by atoms with Crippen molar-refractivity contribution in [2.45, 2.75) is 18.9 Å². The molecule has 94 valence electrons. The van der Waals surface area contributed by atoms with Gasteiger partial charge in [0.1, 0.15) is 0 Å². The molecular weight excluding hydrogens is 220 g/mol. The average Bonchev–Trinajstić information content (AvgIpc) is 2.31. The lowest BCUT2D eigenvalue weighted by molar-refractivity contribution is 0.0869. The van der Waals surface area contributed by atoms with Crippen LogP contribution in [0, 0.1) is 5.92 Å². The molecule has 0 saturated carbocycles. The highest BCUT2D eigenvalue weighted by Crippen LogP contribution is 2.18. The van der Waals surface area contributed by atoms with Crippen molar-refractivity contribution in [1.29, 1.82) is 0 Å². The van der Waals surface area contributed by atoms with E-state index in [4.69, 9.17) is 4.74 Å². The van der Waals surface area contributed by atoms with Gasteiger partial charge in [-0.05, 0) is 25.3 Å². The standard InChI is InChI=1S/C12H24N2OS/c1-15-9-11-3-2-5-14(7-11)8-12-10-16-6-4-13-12/h11-13H,2-10H2,1H3. The molecule has 0 aromatic heterocycles. The minimum absolute atomic E-state index is 0.708. The number of likely N-dealkylation sites (tertiary alicyclic amines) is 1. The highest BCUT2D eigenvalue weighted by Gasteiger charge is 2.23. The van der Waals surface area contributed by atoms with Crippen molar-refractivity contribution < 1.29 is 4.74 Å². The Morgan fingerprint density at radius 3 is 3.19 bits per heavy atom. The monoisotopic (exact) mass is 244 g/mol. The Morgan fingerprint density at radius 2 is 2.44 bits per heavy atom. The summed E-state index contributed by atoms with van der Waals surface area (Å²) in [6.45, 7) is 5.86. The fourth-order valence-corrected chi connectivity index (χ4v) is 3.67. The fourth-order valence-electron chi connectivity index (χ4n) is 2.74. The van der Waals surface area contributed by atoms with Crippen molar-refractivity contribution in [3.8, 4) is 0 Å². The first-order valence-corrected chi connectivity index (χ1v) is 7.56. The Bertz CT molecular complexity index is 195. The highest BCUT2D eigenvalue weighted by atomic mass is 32.2. The number of rotatable bonds is 4. The second-order valence-corrected chi connectivity index (χ2v) is 6.10. The zero-order valence-corrected chi connectivity index (χ0v) is 11.1. The normalized spacial score (nSPS) is 32.8. The van der Waals surface area contributed by atoms with Crippen LogP contribution < -0.4 is 5.32 Å². The Hall–Kier alpha value is 0.230. The molecule has 0 bridgehead atoms. The number of hydrogen-bond acceptors (Lipinski definition) is 4. The first-order valence-electron chi connectivity index (χ1n) is 6.41. The third kappa shape index (κ3) is 3.91. The molecule has 0 spiro atoms. The molecule has 2 fully saturated rings. The number of nitrogens with one attached hydrogen (secondary N) is 1. The van der Waals surface area contributed by atoms with Crippen molar-refractivity contribution >= 4 is 11.8 Å².